The van der Waals surface area contributed by atoms with Crippen LogP contribution in [-0.2, 0) is 11.2 Å². The quantitative estimate of drug-likeness (QED) is 0.805. The summed E-state index contributed by atoms with van der Waals surface area (Å²) in [6, 6.07) is 6.43. The molecule has 0 bridgehead atoms. The van der Waals surface area contributed by atoms with Crippen LogP contribution in [0.3, 0.4) is 0 Å². The first-order valence-corrected chi connectivity index (χ1v) is 5.36. The van der Waals surface area contributed by atoms with Gasteiger partial charge in [-0.2, -0.15) is 0 Å². The lowest BCUT2D eigenvalue weighted by atomic mass is 9.98. The van der Waals surface area contributed by atoms with Crippen LogP contribution in [0.15, 0.2) is 18.2 Å². The standard InChI is InChI=1S/C13H19NO/c1-9-4-6-12(8-11(9)3)7-5-10(2)13(14)15/h4,6,8,10H,5,7H2,1-3H3,(H2,14,15)/t10-/m0/s1. The monoisotopic (exact) mass is 205 g/mol. The maximum atomic E-state index is 10.9. The molecule has 1 aromatic rings. The number of carbonyl (C=O) groups is 1. The fraction of sp³-hybridized carbons (Fsp3) is 0.462. The Hall–Kier alpha value is -1.31. The van der Waals surface area contributed by atoms with Gasteiger partial charge in [0.2, 0.25) is 5.91 Å². The minimum Gasteiger partial charge on any atom is -0.369 e. The summed E-state index contributed by atoms with van der Waals surface area (Å²) >= 11 is 0. The van der Waals surface area contributed by atoms with Crippen LogP contribution in [0, 0.1) is 19.8 Å². The molecule has 0 fully saturated rings. The highest BCUT2D eigenvalue weighted by Crippen LogP contribution is 2.13. The lowest BCUT2D eigenvalue weighted by Gasteiger charge is -2.08. The van der Waals surface area contributed by atoms with Gasteiger partial charge in [0.15, 0.2) is 0 Å². The molecule has 2 N–H and O–H groups in total. The molecule has 82 valence electrons. The summed E-state index contributed by atoms with van der Waals surface area (Å²) in [6.07, 6.45) is 1.75. The normalized spacial score (nSPS) is 12.5. The number of rotatable bonds is 4. The minimum absolute atomic E-state index is 0.0355. The first-order valence-electron chi connectivity index (χ1n) is 5.36. The zero-order chi connectivity index (χ0) is 11.4. The maximum absolute atomic E-state index is 10.9. The number of aryl methyl sites for hydroxylation is 3. The average molecular weight is 205 g/mol. The zero-order valence-corrected chi connectivity index (χ0v) is 9.71. The van der Waals surface area contributed by atoms with Crippen LogP contribution in [0.5, 0.6) is 0 Å². The van der Waals surface area contributed by atoms with Crippen LogP contribution >= 0.6 is 0 Å². The van der Waals surface area contributed by atoms with Crippen LogP contribution in [0.2, 0.25) is 0 Å². The lowest BCUT2D eigenvalue weighted by Crippen LogP contribution is -2.20. The van der Waals surface area contributed by atoms with Gasteiger partial charge in [-0.15, -0.1) is 0 Å². The van der Waals surface area contributed by atoms with E-state index < -0.39 is 0 Å². The Morgan fingerprint density at radius 2 is 2.00 bits per heavy atom. The first-order chi connectivity index (χ1) is 7.00. The summed E-state index contributed by atoms with van der Waals surface area (Å²) < 4.78 is 0. The van der Waals surface area contributed by atoms with E-state index in [1.807, 2.05) is 6.92 Å². The number of benzene rings is 1. The van der Waals surface area contributed by atoms with E-state index >= 15 is 0 Å². The number of hydrogen-bond donors (Lipinski definition) is 1. The Kier molecular flexibility index (Phi) is 3.89. The van der Waals surface area contributed by atoms with Crippen molar-refractivity contribution in [3.63, 3.8) is 0 Å². The molecule has 15 heavy (non-hydrogen) atoms. The molecule has 0 saturated carbocycles. The van der Waals surface area contributed by atoms with Gasteiger partial charge < -0.3 is 5.73 Å². The van der Waals surface area contributed by atoms with E-state index in [0.29, 0.717) is 0 Å². The van der Waals surface area contributed by atoms with Crippen LogP contribution in [0.25, 0.3) is 0 Å². The van der Waals surface area contributed by atoms with Crippen molar-refractivity contribution in [2.45, 2.75) is 33.6 Å². The Bertz CT molecular complexity index is 358. The molecule has 0 aliphatic rings. The van der Waals surface area contributed by atoms with Gasteiger partial charge in [0.25, 0.3) is 0 Å². The molecule has 0 heterocycles. The molecular formula is C13H19NO. The van der Waals surface area contributed by atoms with E-state index in [-0.39, 0.29) is 11.8 Å². The molecule has 0 aliphatic carbocycles. The van der Waals surface area contributed by atoms with E-state index in [1.165, 1.54) is 16.7 Å². The smallest absolute Gasteiger partial charge is 0.220 e. The third-order valence-electron chi connectivity index (χ3n) is 2.92. The average Bonchev–Trinajstić information content (AvgIpc) is 2.19. The van der Waals surface area contributed by atoms with Crippen molar-refractivity contribution in [2.24, 2.45) is 11.7 Å². The molecule has 0 aliphatic heterocycles. The first kappa shape index (κ1) is 11.8. The second kappa shape index (κ2) is 4.96. The highest BCUT2D eigenvalue weighted by Gasteiger charge is 2.08. The number of amides is 1. The molecular weight excluding hydrogens is 186 g/mol. The molecule has 1 rings (SSSR count). The predicted octanol–water partition coefficient (Wildman–Crippen LogP) is 2.36. The third kappa shape index (κ3) is 3.39. The van der Waals surface area contributed by atoms with Gasteiger partial charge in [-0.3, -0.25) is 4.79 Å². The summed E-state index contributed by atoms with van der Waals surface area (Å²) in [7, 11) is 0. The highest BCUT2D eigenvalue weighted by atomic mass is 16.1. The van der Waals surface area contributed by atoms with Crippen molar-refractivity contribution in [2.75, 3.05) is 0 Å². The summed E-state index contributed by atoms with van der Waals surface area (Å²) in [4.78, 5) is 10.9. The molecule has 0 radical (unpaired) electrons. The van der Waals surface area contributed by atoms with Crippen molar-refractivity contribution in [1.82, 2.24) is 0 Å². The van der Waals surface area contributed by atoms with Gasteiger partial charge in [-0.1, -0.05) is 25.1 Å². The fourth-order valence-electron chi connectivity index (χ4n) is 1.48. The van der Waals surface area contributed by atoms with Crippen LogP contribution in [-0.4, -0.2) is 5.91 Å². The van der Waals surface area contributed by atoms with E-state index in [9.17, 15) is 4.79 Å². The fourth-order valence-corrected chi connectivity index (χ4v) is 1.48. The summed E-state index contributed by atoms with van der Waals surface area (Å²) in [5, 5.41) is 0. The van der Waals surface area contributed by atoms with Gasteiger partial charge in [-0.05, 0) is 43.4 Å². The Morgan fingerprint density at radius 1 is 1.33 bits per heavy atom. The summed E-state index contributed by atoms with van der Waals surface area (Å²) in [5.74, 6) is -0.245. The van der Waals surface area contributed by atoms with E-state index in [0.717, 1.165) is 12.8 Å². The maximum Gasteiger partial charge on any atom is 0.220 e. The topological polar surface area (TPSA) is 43.1 Å². The minimum atomic E-state index is -0.209. The number of hydrogen-bond acceptors (Lipinski definition) is 1. The lowest BCUT2D eigenvalue weighted by molar-refractivity contribution is -0.121. The van der Waals surface area contributed by atoms with Crippen molar-refractivity contribution >= 4 is 5.91 Å². The summed E-state index contributed by atoms with van der Waals surface area (Å²) in [6.45, 7) is 6.09. The molecule has 0 saturated heterocycles. The predicted molar refractivity (Wildman–Crippen MR) is 62.6 cm³/mol. The highest BCUT2D eigenvalue weighted by molar-refractivity contribution is 5.76. The molecule has 2 heteroatoms. The van der Waals surface area contributed by atoms with Crippen LogP contribution < -0.4 is 5.73 Å². The van der Waals surface area contributed by atoms with Crippen molar-refractivity contribution in [3.8, 4) is 0 Å². The van der Waals surface area contributed by atoms with Gasteiger partial charge in [0.05, 0.1) is 0 Å². The van der Waals surface area contributed by atoms with Crippen molar-refractivity contribution in [1.29, 1.82) is 0 Å². The van der Waals surface area contributed by atoms with Gasteiger partial charge in [0, 0.05) is 5.92 Å². The van der Waals surface area contributed by atoms with Crippen molar-refractivity contribution < 1.29 is 4.79 Å². The summed E-state index contributed by atoms with van der Waals surface area (Å²) in [5.41, 5.74) is 9.11. The second-order valence-electron chi connectivity index (χ2n) is 4.26. The Morgan fingerprint density at radius 3 is 2.53 bits per heavy atom. The molecule has 1 aromatic carbocycles. The molecule has 0 unspecified atom stereocenters. The molecule has 0 aromatic heterocycles. The molecule has 2 nitrogen and oxygen atoms in total. The largest absolute Gasteiger partial charge is 0.369 e. The van der Waals surface area contributed by atoms with E-state index in [2.05, 4.69) is 32.0 Å². The molecule has 1 amide bonds. The zero-order valence-electron chi connectivity index (χ0n) is 9.71. The molecule has 0 spiro atoms. The number of carbonyl (C=O) groups excluding carboxylic acids is 1. The van der Waals surface area contributed by atoms with Crippen LogP contribution in [0.1, 0.15) is 30.0 Å². The number of nitrogens with two attached hydrogens (primary N) is 1. The Balaban J connectivity index is 2.58. The Labute approximate surface area is 91.5 Å². The van der Waals surface area contributed by atoms with Crippen molar-refractivity contribution in [3.05, 3.63) is 34.9 Å². The second-order valence-corrected chi connectivity index (χ2v) is 4.26. The van der Waals surface area contributed by atoms with E-state index in [4.69, 9.17) is 5.73 Å². The molecule has 1 atom stereocenters. The van der Waals surface area contributed by atoms with Crippen LogP contribution in [0.4, 0.5) is 0 Å². The SMILES string of the molecule is Cc1ccc(CC[C@H](C)C(N)=O)cc1C. The van der Waals surface area contributed by atoms with Gasteiger partial charge >= 0.3 is 0 Å². The third-order valence-corrected chi connectivity index (χ3v) is 2.92. The van der Waals surface area contributed by atoms with E-state index in [1.54, 1.807) is 0 Å². The number of primary amides is 1. The van der Waals surface area contributed by atoms with Gasteiger partial charge in [-0.25, -0.2) is 0 Å². The van der Waals surface area contributed by atoms with Gasteiger partial charge in [0.1, 0.15) is 0 Å².